The Bertz CT molecular complexity index is 529. The first-order valence-corrected chi connectivity index (χ1v) is 6.77. The number of nitrogens with zero attached hydrogens (tertiary/aromatic N) is 2. The zero-order valence-electron chi connectivity index (χ0n) is 9.15. The second kappa shape index (κ2) is 5.20. The summed E-state index contributed by atoms with van der Waals surface area (Å²) < 4.78 is 14.0. The van der Waals surface area contributed by atoms with E-state index in [1.807, 2.05) is 6.92 Å². The highest BCUT2D eigenvalue weighted by molar-refractivity contribution is 9.10. The van der Waals surface area contributed by atoms with Crippen LogP contribution in [0.25, 0.3) is 10.6 Å². The Morgan fingerprint density at radius 1 is 1.47 bits per heavy atom. The molecule has 0 aliphatic rings. The van der Waals surface area contributed by atoms with Gasteiger partial charge in [0.15, 0.2) is 0 Å². The third-order valence-electron chi connectivity index (χ3n) is 2.36. The van der Waals surface area contributed by atoms with E-state index in [0.29, 0.717) is 10.6 Å². The van der Waals surface area contributed by atoms with Crippen molar-refractivity contribution in [1.82, 2.24) is 10.2 Å². The first-order chi connectivity index (χ1) is 8.11. The number of nitrogens with two attached hydrogens (primary N) is 1. The predicted molar refractivity (Wildman–Crippen MR) is 70.2 cm³/mol. The highest BCUT2D eigenvalue weighted by Gasteiger charge is 2.14. The molecule has 0 amide bonds. The van der Waals surface area contributed by atoms with Crippen LogP contribution in [0.3, 0.4) is 0 Å². The molecule has 0 radical (unpaired) electrons. The van der Waals surface area contributed by atoms with Crippen LogP contribution in [0.2, 0.25) is 0 Å². The minimum absolute atomic E-state index is 0.103. The lowest BCUT2D eigenvalue weighted by Crippen LogP contribution is -2.07. The fourth-order valence-electron chi connectivity index (χ4n) is 1.33. The molecule has 90 valence electrons. The molecule has 1 aromatic carbocycles. The summed E-state index contributed by atoms with van der Waals surface area (Å²) in [5.41, 5.74) is 6.58. The normalized spacial score (nSPS) is 12.7. The van der Waals surface area contributed by atoms with Crippen LogP contribution < -0.4 is 5.73 Å². The van der Waals surface area contributed by atoms with Crippen LogP contribution in [0.1, 0.15) is 24.4 Å². The Kier molecular flexibility index (Phi) is 3.86. The molecule has 0 spiro atoms. The maximum Gasteiger partial charge on any atom is 0.149 e. The Labute approximate surface area is 111 Å². The predicted octanol–water partition coefficient (Wildman–Crippen LogP) is 3.52. The second-order valence-corrected chi connectivity index (χ2v) is 5.45. The Hall–Kier alpha value is -0.850. The van der Waals surface area contributed by atoms with Gasteiger partial charge in [0.05, 0.1) is 6.04 Å². The van der Waals surface area contributed by atoms with Crippen molar-refractivity contribution in [3.63, 3.8) is 0 Å². The Morgan fingerprint density at radius 3 is 2.94 bits per heavy atom. The van der Waals surface area contributed by atoms with E-state index < -0.39 is 0 Å². The van der Waals surface area contributed by atoms with Gasteiger partial charge in [-0.15, -0.1) is 10.2 Å². The van der Waals surface area contributed by atoms with E-state index in [1.54, 1.807) is 6.07 Å². The lowest BCUT2D eigenvalue weighted by Gasteiger charge is -2.01. The van der Waals surface area contributed by atoms with Gasteiger partial charge in [-0.2, -0.15) is 0 Å². The summed E-state index contributed by atoms with van der Waals surface area (Å²) in [7, 11) is 0. The number of hydrogen-bond donors (Lipinski definition) is 1. The van der Waals surface area contributed by atoms with Crippen molar-refractivity contribution in [2.75, 3.05) is 0 Å². The molecule has 0 saturated heterocycles. The average molecular weight is 316 g/mol. The number of benzene rings is 1. The molecule has 0 aliphatic heterocycles. The molecule has 17 heavy (non-hydrogen) atoms. The van der Waals surface area contributed by atoms with Gasteiger partial charge in [-0.3, -0.25) is 0 Å². The van der Waals surface area contributed by atoms with Gasteiger partial charge in [-0.05, 0) is 24.6 Å². The molecule has 2 N–H and O–H groups in total. The van der Waals surface area contributed by atoms with Crippen molar-refractivity contribution in [3.8, 4) is 10.6 Å². The van der Waals surface area contributed by atoms with Gasteiger partial charge in [0, 0.05) is 10.0 Å². The summed E-state index contributed by atoms with van der Waals surface area (Å²) in [4.78, 5) is 0. The van der Waals surface area contributed by atoms with E-state index >= 15 is 0 Å². The quantitative estimate of drug-likeness (QED) is 0.942. The summed E-state index contributed by atoms with van der Waals surface area (Å²) in [5.74, 6) is -0.292. The van der Waals surface area contributed by atoms with Crippen LogP contribution in [0, 0.1) is 5.82 Å². The summed E-state index contributed by atoms with van der Waals surface area (Å²) in [6.07, 6.45) is 0.805. The van der Waals surface area contributed by atoms with E-state index in [-0.39, 0.29) is 11.9 Å². The molecular weight excluding hydrogens is 305 g/mol. The van der Waals surface area contributed by atoms with Crippen LogP contribution in [0.4, 0.5) is 4.39 Å². The van der Waals surface area contributed by atoms with Crippen LogP contribution in [0.5, 0.6) is 0 Å². The van der Waals surface area contributed by atoms with Crippen LogP contribution in [0.15, 0.2) is 22.7 Å². The largest absolute Gasteiger partial charge is 0.322 e. The van der Waals surface area contributed by atoms with E-state index in [4.69, 9.17) is 5.73 Å². The minimum Gasteiger partial charge on any atom is -0.322 e. The van der Waals surface area contributed by atoms with Crippen LogP contribution >= 0.6 is 27.3 Å². The topological polar surface area (TPSA) is 51.8 Å². The molecule has 1 aromatic heterocycles. The molecule has 6 heteroatoms. The molecule has 0 bridgehead atoms. The SMILES string of the molecule is CCC(N)c1nnc(-c2cc(F)ccc2Br)s1. The van der Waals surface area contributed by atoms with Crippen molar-refractivity contribution in [2.45, 2.75) is 19.4 Å². The average Bonchev–Trinajstić information content (AvgIpc) is 2.80. The third-order valence-corrected chi connectivity index (χ3v) is 4.14. The maximum atomic E-state index is 13.2. The van der Waals surface area contributed by atoms with Crippen molar-refractivity contribution in [2.24, 2.45) is 5.73 Å². The van der Waals surface area contributed by atoms with E-state index in [0.717, 1.165) is 15.9 Å². The van der Waals surface area contributed by atoms with Crippen molar-refractivity contribution in [1.29, 1.82) is 0 Å². The Morgan fingerprint density at radius 2 is 2.24 bits per heavy atom. The lowest BCUT2D eigenvalue weighted by molar-refractivity contribution is 0.628. The molecular formula is C11H11BrFN3S. The maximum absolute atomic E-state index is 13.2. The summed E-state index contributed by atoms with van der Waals surface area (Å²) in [6.45, 7) is 1.99. The van der Waals surface area contributed by atoms with E-state index in [1.165, 1.54) is 23.5 Å². The van der Waals surface area contributed by atoms with Crippen molar-refractivity contribution in [3.05, 3.63) is 33.5 Å². The van der Waals surface area contributed by atoms with Crippen molar-refractivity contribution < 1.29 is 4.39 Å². The number of hydrogen-bond acceptors (Lipinski definition) is 4. The molecule has 2 rings (SSSR count). The summed E-state index contributed by atoms with van der Waals surface area (Å²) in [6, 6.07) is 4.39. The first-order valence-electron chi connectivity index (χ1n) is 5.16. The highest BCUT2D eigenvalue weighted by Crippen LogP contribution is 2.32. The molecule has 1 unspecified atom stereocenters. The molecule has 1 heterocycles. The molecule has 0 aliphatic carbocycles. The zero-order valence-corrected chi connectivity index (χ0v) is 11.6. The molecule has 0 fully saturated rings. The van der Waals surface area contributed by atoms with Crippen molar-refractivity contribution >= 4 is 27.3 Å². The number of halogens is 2. The standard InChI is InChI=1S/C11H11BrFN3S/c1-2-9(14)11-16-15-10(17-11)7-5-6(13)3-4-8(7)12/h3-5,9H,2,14H2,1H3. The molecule has 0 saturated carbocycles. The van der Waals surface area contributed by atoms with Gasteiger partial charge in [0.25, 0.3) is 0 Å². The van der Waals surface area contributed by atoms with E-state index in [9.17, 15) is 4.39 Å². The molecule has 3 nitrogen and oxygen atoms in total. The van der Waals surface area contributed by atoms with Gasteiger partial charge in [-0.25, -0.2) is 4.39 Å². The minimum atomic E-state index is -0.292. The van der Waals surface area contributed by atoms with Crippen LogP contribution in [-0.4, -0.2) is 10.2 Å². The van der Waals surface area contributed by atoms with E-state index in [2.05, 4.69) is 26.1 Å². The zero-order chi connectivity index (χ0) is 12.4. The molecule has 2 aromatic rings. The summed E-state index contributed by atoms with van der Waals surface area (Å²) in [5, 5.41) is 9.54. The number of rotatable bonds is 3. The fraction of sp³-hybridized carbons (Fsp3) is 0.273. The van der Waals surface area contributed by atoms with Gasteiger partial charge in [-0.1, -0.05) is 34.2 Å². The Balaban J connectivity index is 2.40. The smallest absolute Gasteiger partial charge is 0.149 e. The van der Waals surface area contributed by atoms with Gasteiger partial charge in [0.2, 0.25) is 0 Å². The second-order valence-electron chi connectivity index (χ2n) is 3.58. The fourth-order valence-corrected chi connectivity index (χ4v) is 2.85. The van der Waals surface area contributed by atoms with Gasteiger partial charge >= 0.3 is 0 Å². The monoisotopic (exact) mass is 315 g/mol. The molecule has 1 atom stereocenters. The highest BCUT2D eigenvalue weighted by atomic mass is 79.9. The first kappa shape index (κ1) is 12.6. The third kappa shape index (κ3) is 2.70. The lowest BCUT2D eigenvalue weighted by atomic mass is 10.2. The van der Waals surface area contributed by atoms with Gasteiger partial charge < -0.3 is 5.73 Å². The number of aromatic nitrogens is 2. The van der Waals surface area contributed by atoms with Crippen LogP contribution in [-0.2, 0) is 0 Å². The summed E-state index contributed by atoms with van der Waals surface area (Å²) >= 11 is 4.77. The van der Waals surface area contributed by atoms with Gasteiger partial charge in [0.1, 0.15) is 15.8 Å².